The van der Waals surface area contributed by atoms with E-state index in [1.807, 2.05) is 30.5 Å². The van der Waals surface area contributed by atoms with Crippen molar-refractivity contribution in [2.45, 2.75) is 24.9 Å². The van der Waals surface area contributed by atoms with Gasteiger partial charge in [-0.15, -0.1) is 0 Å². The van der Waals surface area contributed by atoms with Crippen molar-refractivity contribution in [3.8, 4) is 0 Å². The van der Waals surface area contributed by atoms with Gasteiger partial charge in [-0.25, -0.2) is 14.6 Å². The van der Waals surface area contributed by atoms with E-state index in [2.05, 4.69) is 31.2 Å². The molecule has 9 heteroatoms. The summed E-state index contributed by atoms with van der Waals surface area (Å²) in [6.45, 7) is 0.526. The summed E-state index contributed by atoms with van der Waals surface area (Å²) in [5.74, 6) is 0.319. The van der Waals surface area contributed by atoms with Gasteiger partial charge in [-0.3, -0.25) is 0 Å². The topological polar surface area (TPSA) is 87.3 Å². The molecule has 150 valence electrons. The highest BCUT2D eigenvalue weighted by Crippen LogP contribution is 2.34. The smallest absolute Gasteiger partial charge is 0.328 e. The van der Waals surface area contributed by atoms with Crippen LogP contribution in [-0.4, -0.2) is 58.6 Å². The first kappa shape index (κ1) is 20.7. The number of H-pyrrole nitrogens is 1. The van der Waals surface area contributed by atoms with Crippen LogP contribution in [0.2, 0.25) is 0 Å². The molecular formula is C19H23BrN4O3S. The fraction of sp³-hybridized carbons (Fsp3) is 0.421. The van der Waals surface area contributed by atoms with Crippen molar-refractivity contribution in [1.29, 1.82) is 0 Å². The molecule has 0 aliphatic carbocycles. The molecule has 7 nitrogen and oxygen atoms in total. The van der Waals surface area contributed by atoms with E-state index in [1.165, 1.54) is 7.11 Å². The van der Waals surface area contributed by atoms with Crippen LogP contribution in [0.15, 0.2) is 35.1 Å². The van der Waals surface area contributed by atoms with Gasteiger partial charge < -0.3 is 19.9 Å². The first-order valence-electron chi connectivity index (χ1n) is 8.96. The van der Waals surface area contributed by atoms with E-state index in [-0.39, 0.29) is 12.1 Å². The Labute approximate surface area is 176 Å². The first-order valence-corrected chi connectivity index (χ1v) is 11.1. The highest BCUT2D eigenvalue weighted by atomic mass is 79.9. The molecule has 28 heavy (non-hydrogen) atoms. The van der Waals surface area contributed by atoms with E-state index in [1.54, 1.807) is 23.0 Å². The Balaban J connectivity index is 1.86. The van der Waals surface area contributed by atoms with Crippen LogP contribution in [0.3, 0.4) is 0 Å². The minimum atomic E-state index is -0.670. The lowest BCUT2D eigenvalue weighted by Gasteiger charge is -2.36. The molecule has 0 spiro atoms. The van der Waals surface area contributed by atoms with Gasteiger partial charge in [0.05, 0.1) is 19.1 Å². The SMILES string of the molecule is COC(=O)[C@@H](CCSC)NC(=O)N1CCc2[nH]cnc2C1c1ccc(Br)cc1. The standard InChI is InChI=1S/C19H23BrN4O3S/c1-27-18(25)15(8-10-28-2)23-19(26)24-9-7-14-16(22-11-21-14)17(24)12-3-5-13(20)6-4-12/h3-6,11,15,17H,7-10H2,1-2H3,(H,21,22)(H,23,26)/t15-,17?/m1/s1. The molecule has 0 radical (unpaired) electrons. The Kier molecular flexibility index (Phi) is 7.01. The number of halogens is 1. The van der Waals surface area contributed by atoms with E-state index < -0.39 is 12.0 Å². The fourth-order valence-electron chi connectivity index (χ4n) is 3.34. The summed E-state index contributed by atoms with van der Waals surface area (Å²) in [6.07, 6.45) is 4.82. The Morgan fingerprint density at radius 1 is 1.43 bits per heavy atom. The number of hydrogen-bond donors (Lipinski definition) is 2. The van der Waals surface area contributed by atoms with Crippen molar-refractivity contribution < 1.29 is 14.3 Å². The molecule has 3 rings (SSSR count). The van der Waals surface area contributed by atoms with Gasteiger partial charge in [0.2, 0.25) is 0 Å². The number of esters is 1. The summed E-state index contributed by atoms with van der Waals surface area (Å²) in [5, 5.41) is 2.86. The van der Waals surface area contributed by atoms with E-state index in [4.69, 9.17) is 4.74 Å². The zero-order valence-electron chi connectivity index (χ0n) is 15.8. The number of carbonyl (C=O) groups excluding carboxylic acids is 2. The number of amides is 2. The van der Waals surface area contributed by atoms with Crippen LogP contribution >= 0.6 is 27.7 Å². The van der Waals surface area contributed by atoms with E-state index in [0.717, 1.165) is 27.2 Å². The van der Waals surface area contributed by atoms with Crippen LogP contribution in [0.4, 0.5) is 4.79 Å². The molecule has 2 aromatic rings. The molecule has 2 amide bonds. The monoisotopic (exact) mass is 466 g/mol. The second-order valence-electron chi connectivity index (χ2n) is 6.47. The molecule has 1 aromatic heterocycles. The third-order valence-corrected chi connectivity index (χ3v) is 5.94. The number of aromatic nitrogens is 2. The molecule has 0 fully saturated rings. The van der Waals surface area contributed by atoms with Crippen LogP contribution in [-0.2, 0) is 16.0 Å². The maximum Gasteiger partial charge on any atom is 0.328 e. The maximum absolute atomic E-state index is 13.1. The van der Waals surface area contributed by atoms with E-state index in [0.29, 0.717) is 19.4 Å². The molecular weight excluding hydrogens is 444 g/mol. The van der Waals surface area contributed by atoms with Gasteiger partial charge in [0.25, 0.3) is 0 Å². The number of aromatic amines is 1. The Morgan fingerprint density at radius 2 is 2.18 bits per heavy atom. The molecule has 2 atom stereocenters. The average molecular weight is 467 g/mol. The second-order valence-corrected chi connectivity index (χ2v) is 8.37. The van der Waals surface area contributed by atoms with Crippen molar-refractivity contribution in [2.75, 3.05) is 25.7 Å². The largest absolute Gasteiger partial charge is 0.467 e. The lowest BCUT2D eigenvalue weighted by Crippen LogP contribution is -2.51. The van der Waals surface area contributed by atoms with Crippen LogP contribution < -0.4 is 5.32 Å². The number of carbonyl (C=O) groups is 2. The molecule has 1 unspecified atom stereocenters. The third kappa shape index (κ3) is 4.52. The predicted octanol–water partition coefficient (Wildman–Crippen LogP) is 3.12. The van der Waals surface area contributed by atoms with Gasteiger partial charge in [-0.2, -0.15) is 11.8 Å². The van der Waals surface area contributed by atoms with Crippen LogP contribution in [0.1, 0.15) is 29.4 Å². The summed E-state index contributed by atoms with van der Waals surface area (Å²) >= 11 is 5.07. The number of imidazole rings is 1. The van der Waals surface area contributed by atoms with Crippen LogP contribution in [0, 0.1) is 0 Å². The summed E-state index contributed by atoms with van der Waals surface area (Å²) in [7, 11) is 1.34. The van der Waals surface area contributed by atoms with Gasteiger partial charge >= 0.3 is 12.0 Å². The maximum atomic E-state index is 13.1. The molecule has 0 bridgehead atoms. The van der Waals surface area contributed by atoms with Gasteiger partial charge in [-0.05, 0) is 36.1 Å². The van der Waals surface area contributed by atoms with Crippen molar-refractivity contribution in [2.24, 2.45) is 0 Å². The zero-order valence-corrected chi connectivity index (χ0v) is 18.2. The zero-order chi connectivity index (χ0) is 20.1. The van der Waals surface area contributed by atoms with Gasteiger partial charge in [-0.1, -0.05) is 28.1 Å². The summed E-state index contributed by atoms with van der Waals surface area (Å²) < 4.78 is 5.83. The molecule has 0 saturated heterocycles. The van der Waals surface area contributed by atoms with Gasteiger partial charge in [0, 0.05) is 23.1 Å². The lowest BCUT2D eigenvalue weighted by molar-refractivity contribution is -0.142. The van der Waals surface area contributed by atoms with E-state index in [9.17, 15) is 9.59 Å². The number of methoxy groups -OCH3 is 1. The summed E-state index contributed by atoms with van der Waals surface area (Å²) in [6, 6.07) is 6.56. The number of fused-ring (bicyclic) bond motifs is 1. The summed E-state index contributed by atoms with van der Waals surface area (Å²) in [5.41, 5.74) is 2.83. The van der Waals surface area contributed by atoms with Gasteiger partial charge in [0.15, 0.2) is 0 Å². The van der Waals surface area contributed by atoms with Crippen LogP contribution in [0.25, 0.3) is 0 Å². The number of ether oxygens (including phenoxy) is 1. The number of nitrogens with zero attached hydrogens (tertiary/aromatic N) is 2. The second kappa shape index (κ2) is 9.47. The average Bonchev–Trinajstić information content (AvgIpc) is 3.19. The fourth-order valence-corrected chi connectivity index (χ4v) is 4.07. The highest BCUT2D eigenvalue weighted by molar-refractivity contribution is 9.10. The predicted molar refractivity (Wildman–Crippen MR) is 112 cm³/mol. The van der Waals surface area contributed by atoms with Crippen molar-refractivity contribution in [3.63, 3.8) is 0 Å². The van der Waals surface area contributed by atoms with Crippen molar-refractivity contribution >= 4 is 39.7 Å². The quantitative estimate of drug-likeness (QED) is 0.638. The molecule has 0 saturated carbocycles. The minimum absolute atomic E-state index is 0.293. The third-order valence-electron chi connectivity index (χ3n) is 4.77. The van der Waals surface area contributed by atoms with E-state index >= 15 is 0 Å². The number of benzene rings is 1. The highest BCUT2D eigenvalue weighted by Gasteiger charge is 2.35. The van der Waals surface area contributed by atoms with Crippen molar-refractivity contribution in [3.05, 3.63) is 52.0 Å². The number of thioether (sulfide) groups is 1. The molecule has 2 heterocycles. The molecule has 1 aliphatic rings. The number of hydrogen-bond acceptors (Lipinski definition) is 5. The number of rotatable bonds is 6. The summed E-state index contributed by atoms with van der Waals surface area (Å²) in [4.78, 5) is 34.6. The Bertz CT molecular complexity index is 827. The Morgan fingerprint density at radius 3 is 2.86 bits per heavy atom. The first-order chi connectivity index (χ1) is 13.5. The molecule has 2 N–H and O–H groups in total. The molecule has 1 aliphatic heterocycles. The van der Waals surface area contributed by atoms with Crippen LogP contribution in [0.5, 0.6) is 0 Å². The van der Waals surface area contributed by atoms with Crippen molar-refractivity contribution in [1.82, 2.24) is 20.2 Å². The minimum Gasteiger partial charge on any atom is -0.467 e. The number of urea groups is 1. The number of nitrogens with one attached hydrogen (secondary N) is 2. The Hall–Kier alpha value is -2.00. The molecule has 1 aromatic carbocycles. The lowest BCUT2D eigenvalue weighted by atomic mass is 9.96. The normalized spacial score (nSPS) is 17.0. The van der Waals surface area contributed by atoms with Gasteiger partial charge in [0.1, 0.15) is 12.1 Å².